The maximum Gasteiger partial charge on any atom is 0.160 e. The molecule has 1 aromatic rings. The summed E-state index contributed by atoms with van der Waals surface area (Å²) >= 11 is 0. The molecule has 1 rings (SSSR count). The number of hydrogen-bond acceptors (Lipinski definition) is 1. The summed E-state index contributed by atoms with van der Waals surface area (Å²) in [5.74, 6) is 0.367. The summed E-state index contributed by atoms with van der Waals surface area (Å²) in [6, 6.07) is 5.53. The summed E-state index contributed by atoms with van der Waals surface area (Å²) < 4.78 is 0. The SMILES string of the molecule is Cc1ccc(O)cc1[S+](C)C.[I-]. The molecule has 0 aromatic heterocycles. The maximum atomic E-state index is 9.19. The lowest BCUT2D eigenvalue weighted by Gasteiger charge is -2.00. The number of halogens is 1. The number of phenolic OH excluding ortho intramolecular Hbond substituents is 1. The Kier molecular flexibility index (Phi) is 5.01. The molecule has 0 bridgehead atoms. The molecule has 3 heteroatoms. The number of benzene rings is 1. The first-order valence-corrected chi connectivity index (χ1v) is 5.52. The van der Waals surface area contributed by atoms with Crippen molar-refractivity contribution in [2.24, 2.45) is 0 Å². The molecule has 0 heterocycles. The monoisotopic (exact) mass is 296 g/mol. The van der Waals surface area contributed by atoms with Gasteiger partial charge in [-0.3, -0.25) is 0 Å². The molecule has 1 aromatic carbocycles. The zero-order valence-electron chi connectivity index (χ0n) is 7.47. The average molecular weight is 296 g/mol. The van der Waals surface area contributed by atoms with Crippen LogP contribution in [0.1, 0.15) is 5.56 Å². The lowest BCUT2D eigenvalue weighted by Crippen LogP contribution is -3.00. The summed E-state index contributed by atoms with van der Waals surface area (Å²) in [6.45, 7) is 2.07. The van der Waals surface area contributed by atoms with Gasteiger partial charge in [0, 0.05) is 22.5 Å². The van der Waals surface area contributed by atoms with E-state index in [2.05, 4.69) is 19.4 Å². The highest BCUT2D eigenvalue weighted by molar-refractivity contribution is 7.95. The third-order valence-corrected chi connectivity index (χ3v) is 2.93. The molecule has 0 saturated heterocycles. The Labute approximate surface area is 93.6 Å². The number of hydrogen-bond donors (Lipinski definition) is 1. The van der Waals surface area contributed by atoms with Crippen molar-refractivity contribution >= 4 is 10.9 Å². The van der Waals surface area contributed by atoms with Crippen molar-refractivity contribution in [3.63, 3.8) is 0 Å². The molecule has 0 radical (unpaired) electrons. The van der Waals surface area contributed by atoms with Gasteiger partial charge in [-0.15, -0.1) is 0 Å². The summed E-state index contributed by atoms with van der Waals surface area (Å²) in [4.78, 5) is 1.25. The van der Waals surface area contributed by atoms with Gasteiger partial charge in [-0.1, -0.05) is 6.07 Å². The fraction of sp³-hybridized carbons (Fsp3) is 0.333. The quantitative estimate of drug-likeness (QED) is 0.517. The Hall–Kier alpha value is 0.100. The minimum atomic E-state index is 0. The lowest BCUT2D eigenvalue weighted by atomic mass is 10.2. The highest BCUT2D eigenvalue weighted by Gasteiger charge is 2.11. The van der Waals surface area contributed by atoms with Gasteiger partial charge in [0.05, 0.1) is 0 Å². The fourth-order valence-corrected chi connectivity index (χ4v) is 2.10. The van der Waals surface area contributed by atoms with Crippen molar-refractivity contribution in [3.05, 3.63) is 23.8 Å². The van der Waals surface area contributed by atoms with Crippen LogP contribution < -0.4 is 24.0 Å². The second kappa shape index (κ2) is 4.97. The number of phenols is 1. The first-order chi connectivity index (χ1) is 5.11. The van der Waals surface area contributed by atoms with Crippen LogP contribution in [0.2, 0.25) is 0 Å². The van der Waals surface area contributed by atoms with Crippen molar-refractivity contribution in [1.82, 2.24) is 0 Å². The summed E-state index contributed by atoms with van der Waals surface area (Å²) in [6.07, 6.45) is 4.31. The van der Waals surface area contributed by atoms with E-state index in [4.69, 9.17) is 0 Å². The minimum Gasteiger partial charge on any atom is -1.00 e. The van der Waals surface area contributed by atoms with E-state index in [1.807, 2.05) is 12.1 Å². The van der Waals surface area contributed by atoms with Crippen LogP contribution in [0.5, 0.6) is 5.75 Å². The molecule has 12 heavy (non-hydrogen) atoms. The Balaban J connectivity index is 0.00000121. The molecule has 0 atom stereocenters. The van der Waals surface area contributed by atoms with Crippen LogP contribution in [-0.2, 0) is 10.9 Å². The molecule has 0 spiro atoms. The number of aromatic hydroxyl groups is 1. The summed E-state index contributed by atoms with van der Waals surface area (Å²) in [7, 11) is 0.239. The molecule has 0 aliphatic heterocycles. The third kappa shape index (κ3) is 2.86. The zero-order valence-corrected chi connectivity index (χ0v) is 10.4. The van der Waals surface area contributed by atoms with Crippen molar-refractivity contribution in [2.45, 2.75) is 11.8 Å². The average Bonchev–Trinajstić information content (AvgIpc) is 1.94. The van der Waals surface area contributed by atoms with Gasteiger partial charge in [-0.25, -0.2) is 0 Å². The van der Waals surface area contributed by atoms with E-state index in [1.54, 1.807) is 6.07 Å². The number of rotatable bonds is 1. The number of aryl methyl sites for hydroxylation is 1. The van der Waals surface area contributed by atoms with Gasteiger partial charge in [-0.05, 0) is 13.0 Å². The van der Waals surface area contributed by atoms with Crippen molar-refractivity contribution in [3.8, 4) is 5.75 Å². The van der Waals surface area contributed by atoms with Crippen LogP contribution in [0.25, 0.3) is 0 Å². The molecular formula is C9H13IOS. The Morgan fingerprint density at radius 3 is 2.25 bits per heavy atom. The second-order valence-corrected chi connectivity index (χ2v) is 4.84. The van der Waals surface area contributed by atoms with Crippen LogP contribution in [0.3, 0.4) is 0 Å². The van der Waals surface area contributed by atoms with Gasteiger partial charge in [-0.2, -0.15) is 0 Å². The first-order valence-electron chi connectivity index (χ1n) is 3.48. The smallest absolute Gasteiger partial charge is 0.160 e. The molecule has 68 valence electrons. The van der Waals surface area contributed by atoms with Crippen molar-refractivity contribution in [1.29, 1.82) is 0 Å². The topological polar surface area (TPSA) is 20.2 Å². The van der Waals surface area contributed by atoms with E-state index in [0.717, 1.165) is 0 Å². The summed E-state index contributed by atoms with van der Waals surface area (Å²) in [5, 5.41) is 9.19. The zero-order chi connectivity index (χ0) is 8.43. The molecule has 0 aliphatic rings. The fourth-order valence-electron chi connectivity index (χ4n) is 1.03. The second-order valence-electron chi connectivity index (χ2n) is 2.77. The highest BCUT2D eigenvalue weighted by atomic mass is 127. The van der Waals surface area contributed by atoms with Crippen LogP contribution in [0.4, 0.5) is 0 Å². The van der Waals surface area contributed by atoms with Crippen molar-refractivity contribution in [2.75, 3.05) is 12.5 Å². The molecule has 0 amide bonds. The van der Waals surface area contributed by atoms with Gasteiger partial charge < -0.3 is 29.1 Å². The summed E-state index contributed by atoms with van der Waals surface area (Å²) in [5.41, 5.74) is 1.26. The van der Waals surface area contributed by atoms with Gasteiger partial charge in [0.1, 0.15) is 18.3 Å². The van der Waals surface area contributed by atoms with Crippen LogP contribution >= 0.6 is 0 Å². The maximum absolute atomic E-state index is 9.19. The molecule has 0 fully saturated rings. The molecular weight excluding hydrogens is 283 g/mol. The first kappa shape index (κ1) is 12.1. The predicted molar refractivity (Wildman–Crippen MR) is 50.3 cm³/mol. The van der Waals surface area contributed by atoms with Gasteiger partial charge in [0.25, 0.3) is 0 Å². The third-order valence-electron chi connectivity index (χ3n) is 1.61. The van der Waals surface area contributed by atoms with Crippen LogP contribution in [0.15, 0.2) is 23.1 Å². The van der Waals surface area contributed by atoms with Gasteiger partial charge >= 0.3 is 0 Å². The Morgan fingerprint density at radius 2 is 1.83 bits per heavy atom. The standard InChI is InChI=1S/C9H12OS.HI/c1-7-4-5-8(10)6-9(7)11(2)3;/h4-6H,1-3H3;1H. The van der Waals surface area contributed by atoms with Crippen LogP contribution in [0, 0.1) is 6.92 Å². The largest absolute Gasteiger partial charge is 1.00 e. The molecule has 1 nitrogen and oxygen atoms in total. The lowest BCUT2D eigenvalue weighted by molar-refractivity contribution is -0.00000352. The van der Waals surface area contributed by atoms with Crippen LogP contribution in [-0.4, -0.2) is 17.6 Å². The van der Waals surface area contributed by atoms with Crippen molar-refractivity contribution < 1.29 is 29.1 Å². The van der Waals surface area contributed by atoms with E-state index < -0.39 is 0 Å². The Morgan fingerprint density at radius 1 is 1.25 bits per heavy atom. The normalized spacial score (nSPS) is 9.67. The Bertz CT molecular complexity index is 261. The van der Waals surface area contributed by atoms with Gasteiger partial charge in [0.15, 0.2) is 4.90 Å². The van der Waals surface area contributed by atoms with Gasteiger partial charge in [0.2, 0.25) is 0 Å². The van der Waals surface area contributed by atoms with E-state index in [-0.39, 0.29) is 34.9 Å². The molecule has 0 saturated carbocycles. The van der Waals surface area contributed by atoms with E-state index in [1.165, 1.54) is 10.5 Å². The molecule has 1 N–H and O–H groups in total. The highest BCUT2D eigenvalue weighted by Crippen LogP contribution is 2.20. The molecule has 0 unspecified atom stereocenters. The van der Waals surface area contributed by atoms with E-state index in [9.17, 15) is 5.11 Å². The van der Waals surface area contributed by atoms with E-state index >= 15 is 0 Å². The predicted octanol–water partition coefficient (Wildman–Crippen LogP) is -1.06. The molecule has 0 aliphatic carbocycles. The van der Waals surface area contributed by atoms with E-state index in [0.29, 0.717) is 5.75 Å². The minimum absolute atomic E-state index is 0.